The third-order valence-corrected chi connectivity index (χ3v) is 6.12. The number of hydrogen-bond donors (Lipinski definition) is 2. The van der Waals surface area contributed by atoms with Crippen molar-refractivity contribution in [2.75, 3.05) is 11.9 Å². The molecule has 0 unspecified atom stereocenters. The Bertz CT molecular complexity index is 931. The van der Waals surface area contributed by atoms with Gasteiger partial charge in [-0.1, -0.05) is 6.07 Å². The fraction of sp³-hybridized carbons (Fsp3) is 0.350. The molecule has 6 nitrogen and oxygen atoms in total. The molecule has 1 spiro atoms. The molecule has 1 aromatic heterocycles. The van der Waals surface area contributed by atoms with Crippen LogP contribution in [0, 0.1) is 13.8 Å². The molecule has 27 heavy (non-hydrogen) atoms. The van der Waals surface area contributed by atoms with E-state index in [2.05, 4.69) is 10.6 Å². The highest BCUT2D eigenvalue weighted by molar-refractivity contribution is 7.10. The maximum absolute atomic E-state index is 13.1. The van der Waals surface area contributed by atoms with E-state index in [4.69, 9.17) is 0 Å². The van der Waals surface area contributed by atoms with Crippen LogP contribution in [-0.4, -0.2) is 29.3 Å². The van der Waals surface area contributed by atoms with E-state index in [1.54, 1.807) is 11.3 Å². The molecule has 1 aliphatic carbocycles. The van der Waals surface area contributed by atoms with Gasteiger partial charge in [0.15, 0.2) is 0 Å². The fourth-order valence-corrected chi connectivity index (χ4v) is 5.08. The first-order chi connectivity index (χ1) is 12.9. The Hall–Kier alpha value is -2.67. The maximum Gasteiger partial charge on any atom is 0.325 e. The minimum atomic E-state index is -1.01. The average molecular weight is 383 g/mol. The summed E-state index contributed by atoms with van der Waals surface area (Å²) in [6, 6.07) is 7.14. The maximum atomic E-state index is 13.1. The van der Waals surface area contributed by atoms with Crippen molar-refractivity contribution in [2.24, 2.45) is 0 Å². The van der Waals surface area contributed by atoms with Crippen LogP contribution in [0.1, 0.15) is 34.4 Å². The monoisotopic (exact) mass is 383 g/mol. The summed E-state index contributed by atoms with van der Waals surface area (Å²) in [4.78, 5) is 40.3. The van der Waals surface area contributed by atoms with Gasteiger partial charge < -0.3 is 10.6 Å². The minimum Gasteiger partial charge on any atom is -0.325 e. The smallest absolute Gasteiger partial charge is 0.325 e. The van der Waals surface area contributed by atoms with Crippen LogP contribution in [0.15, 0.2) is 29.6 Å². The van der Waals surface area contributed by atoms with Gasteiger partial charge in [0, 0.05) is 16.1 Å². The van der Waals surface area contributed by atoms with Crippen LogP contribution in [0.25, 0.3) is 0 Å². The molecule has 4 rings (SSSR count). The molecular weight excluding hydrogens is 362 g/mol. The van der Waals surface area contributed by atoms with Gasteiger partial charge in [-0.2, -0.15) is 0 Å². The normalized spacial score (nSPS) is 21.3. The number of hydrogen-bond acceptors (Lipinski definition) is 4. The van der Waals surface area contributed by atoms with Crippen molar-refractivity contribution in [2.45, 2.75) is 38.6 Å². The standard InChI is InChI=1S/C20H21N3O3S/c1-12-8-13(2)10-14(9-12)21-17(24)11-23-18(25)20(22-19(23)26)6-3-4-16-15(20)5-7-27-16/h5,7-10H,3-4,6,11H2,1-2H3,(H,21,24)(H,22,26)/t20-/m1/s1. The van der Waals surface area contributed by atoms with Crippen molar-refractivity contribution in [1.82, 2.24) is 10.2 Å². The van der Waals surface area contributed by atoms with E-state index < -0.39 is 11.6 Å². The molecule has 140 valence electrons. The summed E-state index contributed by atoms with van der Waals surface area (Å²) in [5.41, 5.74) is 2.61. The van der Waals surface area contributed by atoms with Crippen molar-refractivity contribution < 1.29 is 14.4 Å². The number of thiophene rings is 1. The van der Waals surface area contributed by atoms with Crippen molar-refractivity contribution in [1.29, 1.82) is 0 Å². The average Bonchev–Trinajstić information content (AvgIpc) is 3.15. The Labute approximate surface area is 161 Å². The lowest BCUT2D eigenvalue weighted by atomic mass is 9.80. The zero-order valence-corrected chi connectivity index (χ0v) is 16.1. The van der Waals surface area contributed by atoms with Crippen LogP contribution in [0.4, 0.5) is 10.5 Å². The number of carbonyl (C=O) groups excluding carboxylic acids is 3. The van der Waals surface area contributed by atoms with Gasteiger partial charge in [0.25, 0.3) is 5.91 Å². The first-order valence-electron chi connectivity index (χ1n) is 8.98. The summed E-state index contributed by atoms with van der Waals surface area (Å²) >= 11 is 1.61. The first-order valence-corrected chi connectivity index (χ1v) is 9.86. The Balaban J connectivity index is 1.53. The van der Waals surface area contributed by atoms with Gasteiger partial charge in [0.05, 0.1) is 0 Å². The van der Waals surface area contributed by atoms with Crippen LogP contribution < -0.4 is 10.6 Å². The van der Waals surface area contributed by atoms with Gasteiger partial charge in [-0.15, -0.1) is 11.3 Å². The number of fused-ring (bicyclic) bond motifs is 2. The lowest BCUT2D eigenvalue weighted by molar-refractivity contribution is -0.134. The zero-order chi connectivity index (χ0) is 19.2. The summed E-state index contributed by atoms with van der Waals surface area (Å²) in [6.45, 7) is 3.61. The molecule has 0 radical (unpaired) electrons. The molecule has 0 saturated carbocycles. The Morgan fingerprint density at radius 3 is 2.74 bits per heavy atom. The van der Waals surface area contributed by atoms with Crippen molar-refractivity contribution in [3.05, 3.63) is 51.2 Å². The second-order valence-electron chi connectivity index (χ2n) is 7.26. The highest BCUT2D eigenvalue weighted by Gasteiger charge is 2.54. The largest absolute Gasteiger partial charge is 0.325 e. The summed E-state index contributed by atoms with van der Waals surface area (Å²) < 4.78 is 0. The van der Waals surface area contributed by atoms with Crippen molar-refractivity contribution in [3.63, 3.8) is 0 Å². The fourth-order valence-electron chi connectivity index (χ4n) is 4.08. The minimum absolute atomic E-state index is 0.293. The number of carbonyl (C=O) groups is 3. The van der Waals surface area contributed by atoms with Gasteiger partial charge in [-0.3, -0.25) is 14.5 Å². The van der Waals surface area contributed by atoms with E-state index in [1.165, 1.54) is 0 Å². The molecular formula is C20H21N3O3S. The van der Waals surface area contributed by atoms with Crippen LogP contribution in [0.3, 0.4) is 0 Å². The number of urea groups is 1. The van der Waals surface area contributed by atoms with E-state index in [0.717, 1.165) is 39.3 Å². The van der Waals surface area contributed by atoms with E-state index in [-0.39, 0.29) is 18.4 Å². The van der Waals surface area contributed by atoms with E-state index in [1.807, 2.05) is 43.5 Å². The molecule has 2 heterocycles. The Morgan fingerprint density at radius 1 is 1.26 bits per heavy atom. The summed E-state index contributed by atoms with van der Waals surface area (Å²) in [5, 5.41) is 7.60. The highest BCUT2D eigenvalue weighted by Crippen LogP contribution is 2.42. The Morgan fingerprint density at radius 2 is 2.00 bits per heavy atom. The predicted molar refractivity (Wildman–Crippen MR) is 104 cm³/mol. The van der Waals surface area contributed by atoms with Crippen molar-refractivity contribution >= 4 is 34.9 Å². The predicted octanol–water partition coefficient (Wildman–Crippen LogP) is 3.09. The van der Waals surface area contributed by atoms with E-state index >= 15 is 0 Å². The number of anilines is 1. The lowest BCUT2D eigenvalue weighted by Gasteiger charge is -2.31. The topological polar surface area (TPSA) is 78.5 Å². The SMILES string of the molecule is Cc1cc(C)cc(NC(=O)CN2C(=O)N[C@@]3(CCCc4sccc43)C2=O)c1. The van der Waals surface area contributed by atoms with Crippen LogP contribution >= 0.6 is 11.3 Å². The second-order valence-corrected chi connectivity index (χ2v) is 8.26. The van der Waals surface area contributed by atoms with Gasteiger partial charge >= 0.3 is 6.03 Å². The number of benzene rings is 1. The van der Waals surface area contributed by atoms with Crippen molar-refractivity contribution in [3.8, 4) is 0 Å². The number of amides is 4. The molecule has 7 heteroatoms. The van der Waals surface area contributed by atoms with E-state index in [9.17, 15) is 14.4 Å². The number of aryl methyl sites for hydroxylation is 3. The summed E-state index contributed by atoms with van der Waals surface area (Å²) in [7, 11) is 0. The molecule has 0 bridgehead atoms. The Kier molecular flexibility index (Phi) is 4.26. The van der Waals surface area contributed by atoms with Gasteiger partial charge in [0.2, 0.25) is 5.91 Å². The van der Waals surface area contributed by atoms with Gasteiger partial charge in [0.1, 0.15) is 12.1 Å². The molecule has 1 saturated heterocycles. The van der Waals surface area contributed by atoms with Gasteiger partial charge in [-0.25, -0.2) is 4.79 Å². The summed E-state index contributed by atoms with van der Waals surface area (Å²) in [6.07, 6.45) is 2.32. The molecule has 1 aromatic carbocycles. The molecule has 1 atom stereocenters. The van der Waals surface area contributed by atoms with Gasteiger partial charge in [-0.05, 0) is 67.8 Å². The molecule has 4 amide bonds. The number of imide groups is 1. The molecule has 2 aliphatic rings. The first kappa shape index (κ1) is 17.7. The molecule has 1 fully saturated rings. The molecule has 1 aliphatic heterocycles. The number of nitrogens with one attached hydrogen (secondary N) is 2. The van der Waals surface area contributed by atoms with Crippen LogP contribution in [-0.2, 0) is 21.5 Å². The molecule has 2 N–H and O–H groups in total. The van der Waals surface area contributed by atoms with Crippen LogP contribution in [0.2, 0.25) is 0 Å². The van der Waals surface area contributed by atoms with E-state index in [0.29, 0.717) is 12.1 Å². The number of nitrogens with zero attached hydrogens (tertiary/aromatic N) is 1. The number of rotatable bonds is 3. The summed E-state index contributed by atoms with van der Waals surface area (Å²) in [5.74, 6) is -0.718. The molecule has 2 aromatic rings. The third-order valence-electron chi connectivity index (χ3n) is 5.14. The third kappa shape index (κ3) is 3.02. The highest BCUT2D eigenvalue weighted by atomic mass is 32.1. The zero-order valence-electron chi connectivity index (χ0n) is 15.3. The lowest BCUT2D eigenvalue weighted by Crippen LogP contribution is -2.46. The second kappa shape index (κ2) is 6.49. The van der Waals surface area contributed by atoms with Crippen LogP contribution in [0.5, 0.6) is 0 Å². The quantitative estimate of drug-likeness (QED) is 0.800.